The molecule has 6 rings (SSSR count). The zero-order valence-electron chi connectivity index (χ0n) is 21.2. The van der Waals surface area contributed by atoms with Gasteiger partial charge in [0, 0.05) is 0 Å². The first-order valence-electron chi connectivity index (χ1n) is 12.6. The van der Waals surface area contributed by atoms with Crippen LogP contribution in [0, 0.1) is 0 Å². The number of aromatic nitrogens is 5. The summed E-state index contributed by atoms with van der Waals surface area (Å²) < 4.78 is 8.87. The van der Waals surface area contributed by atoms with Crippen LogP contribution in [0.3, 0.4) is 0 Å². The molecule has 4 aromatic rings. The van der Waals surface area contributed by atoms with Crippen LogP contribution < -0.4 is 5.56 Å². The first-order chi connectivity index (χ1) is 17.7. The topological polar surface area (TPSA) is 112 Å². The molecule has 37 heavy (non-hydrogen) atoms. The molecule has 0 unspecified atom stereocenters. The van der Waals surface area contributed by atoms with E-state index in [2.05, 4.69) is 27.7 Å². The molecule has 3 aromatic heterocycles. The molecule has 1 aromatic carbocycles. The number of ether oxygens (including phenoxy) is 1. The number of para-hydroxylation sites is 1. The van der Waals surface area contributed by atoms with Crippen LogP contribution in [0.25, 0.3) is 22.3 Å². The average molecular weight is 560 g/mol. The molecule has 0 saturated heterocycles. The molecule has 2 aliphatic rings. The van der Waals surface area contributed by atoms with Crippen LogP contribution in [0.2, 0.25) is 16.8 Å². The van der Waals surface area contributed by atoms with Crippen molar-refractivity contribution >= 4 is 30.1 Å². The number of nitrogens with zero attached hydrogens (tertiary/aromatic N) is 5. The van der Waals surface area contributed by atoms with Crippen molar-refractivity contribution in [3.8, 4) is 11.4 Å². The SMILES string of the molecule is CC[C@@]1(O)C(=O)OCc2c1cc1n(c2=O)Cc2c-1nc1ccccc1c2C[CH2][Ge]([CH3])([CH3])[CH2]n1cncn1. The Morgan fingerprint density at radius 3 is 2.76 bits per heavy atom. The minimum absolute atomic E-state index is 0.123. The van der Waals surface area contributed by atoms with Crippen molar-refractivity contribution in [1.29, 1.82) is 0 Å². The standard InChI is InChI=1S/C27H29GeN5O4/c1-4-27(36)21-11-23-24-19(12-33(23)25(34)20(21)13-37-26(27)35)17(18-7-5-6-8-22(18)31-24)9-10-28(2,3)14-32-16-29-15-30-32/h5-8,11,15-16,36H,4,9-10,12-14H2,1-3H3/t27-/m0/s1. The van der Waals surface area contributed by atoms with Crippen LogP contribution in [0.1, 0.15) is 35.6 Å². The number of hydrogen-bond acceptors (Lipinski definition) is 7. The predicted octanol–water partition coefficient (Wildman–Crippen LogP) is 3.16. The van der Waals surface area contributed by atoms with Gasteiger partial charge in [-0.1, -0.05) is 0 Å². The van der Waals surface area contributed by atoms with Crippen LogP contribution in [0.4, 0.5) is 0 Å². The monoisotopic (exact) mass is 561 g/mol. The van der Waals surface area contributed by atoms with Gasteiger partial charge >= 0.3 is 217 Å². The van der Waals surface area contributed by atoms with E-state index in [1.807, 2.05) is 22.9 Å². The fourth-order valence-electron chi connectivity index (χ4n) is 5.69. The molecular formula is C27H29GeN5O4. The number of hydrogen-bond donors (Lipinski definition) is 1. The molecule has 0 amide bonds. The predicted molar refractivity (Wildman–Crippen MR) is 141 cm³/mol. The van der Waals surface area contributed by atoms with Crippen molar-refractivity contribution in [3.63, 3.8) is 0 Å². The zero-order chi connectivity index (χ0) is 25.9. The molecule has 190 valence electrons. The van der Waals surface area contributed by atoms with E-state index in [1.54, 1.807) is 30.2 Å². The first kappa shape index (κ1) is 24.1. The van der Waals surface area contributed by atoms with Gasteiger partial charge in [-0.05, 0) is 0 Å². The number of carbonyl (C=O) groups is 1. The van der Waals surface area contributed by atoms with Crippen molar-refractivity contribution in [3.05, 3.63) is 75.6 Å². The van der Waals surface area contributed by atoms with Crippen molar-refractivity contribution in [2.75, 3.05) is 0 Å². The summed E-state index contributed by atoms with van der Waals surface area (Å²) in [5.41, 5.74) is 3.17. The minimum atomic E-state index is -2.24. The Morgan fingerprint density at radius 2 is 2.00 bits per heavy atom. The second-order valence-electron chi connectivity index (χ2n) is 10.8. The van der Waals surface area contributed by atoms with Gasteiger partial charge in [0.2, 0.25) is 0 Å². The van der Waals surface area contributed by atoms with Crippen LogP contribution in [0.5, 0.6) is 0 Å². The van der Waals surface area contributed by atoms with Crippen molar-refractivity contribution in [2.24, 2.45) is 0 Å². The molecule has 0 bridgehead atoms. The maximum absolute atomic E-state index is 13.6. The third-order valence-electron chi connectivity index (χ3n) is 7.82. The Kier molecular flexibility index (Phi) is 5.61. The number of benzene rings is 1. The Labute approximate surface area is 216 Å². The van der Waals surface area contributed by atoms with Gasteiger partial charge in [0.1, 0.15) is 0 Å². The van der Waals surface area contributed by atoms with Crippen LogP contribution in [-0.4, -0.2) is 48.7 Å². The molecular weight excluding hydrogens is 531 g/mol. The molecule has 10 heteroatoms. The summed E-state index contributed by atoms with van der Waals surface area (Å²) in [4.78, 5) is 35.2. The van der Waals surface area contributed by atoms with E-state index in [1.165, 1.54) is 5.56 Å². The normalized spacial score (nSPS) is 18.4. The summed E-state index contributed by atoms with van der Waals surface area (Å²) in [6.07, 6.45) is 4.37. The van der Waals surface area contributed by atoms with Crippen molar-refractivity contribution in [2.45, 2.75) is 60.7 Å². The van der Waals surface area contributed by atoms with Gasteiger partial charge < -0.3 is 0 Å². The van der Waals surface area contributed by atoms with Crippen molar-refractivity contribution in [1.82, 2.24) is 24.3 Å². The number of esters is 1. The fourth-order valence-corrected chi connectivity index (χ4v) is 10.2. The number of carbonyl (C=O) groups excluding carboxylic acids is 1. The van der Waals surface area contributed by atoms with Gasteiger partial charge in [0.25, 0.3) is 0 Å². The Bertz CT molecular complexity index is 1610. The number of rotatable bonds is 6. The second kappa shape index (κ2) is 8.63. The van der Waals surface area contributed by atoms with Gasteiger partial charge in [-0.3, -0.25) is 0 Å². The van der Waals surface area contributed by atoms with E-state index in [0.717, 1.165) is 39.2 Å². The Balaban J connectivity index is 1.47. The quantitative estimate of drug-likeness (QED) is 0.251. The summed E-state index contributed by atoms with van der Waals surface area (Å²) in [6, 6.07) is 9.89. The molecule has 0 aliphatic carbocycles. The molecule has 1 atom stereocenters. The van der Waals surface area contributed by atoms with Gasteiger partial charge in [-0.2, -0.15) is 0 Å². The summed E-state index contributed by atoms with van der Waals surface area (Å²) in [7, 11) is 0. The average Bonchev–Trinajstić information content (AvgIpc) is 3.52. The molecule has 0 spiro atoms. The van der Waals surface area contributed by atoms with Crippen LogP contribution >= 0.6 is 0 Å². The van der Waals surface area contributed by atoms with Gasteiger partial charge in [0.15, 0.2) is 0 Å². The van der Waals surface area contributed by atoms with Gasteiger partial charge in [-0.25, -0.2) is 0 Å². The number of cyclic esters (lactones) is 1. The fraction of sp³-hybridized carbons (Fsp3) is 0.370. The number of aliphatic hydroxyl groups is 1. The maximum atomic E-state index is 13.6. The number of pyridine rings is 2. The Hall–Kier alpha value is -3.31. The van der Waals surface area contributed by atoms with E-state index >= 15 is 0 Å². The van der Waals surface area contributed by atoms with E-state index in [-0.39, 0.29) is 18.6 Å². The summed E-state index contributed by atoms with van der Waals surface area (Å²) in [6.45, 7) is 2.00. The molecule has 0 saturated carbocycles. The van der Waals surface area contributed by atoms with E-state index < -0.39 is 24.8 Å². The molecule has 0 radical (unpaired) electrons. The molecule has 5 heterocycles. The zero-order valence-corrected chi connectivity index (χ0v) is 23.3. The Morgan fingerprint density at radius 1 is 1.19 bits per heavy atom. The number of aryl methyl sites for hydroxylation is 1. The molecule has 0 fully saturated rings. The summed E-state index contributed by atoms with van der Waals surface area (Å²) >= 11 is -2.24. The third-order valence-corrected chi connectivity index (χ3v) is 13.7. The van der Waals surface area contributed by atoms with Gasteiger partial charge in [0.05, 0.1) is 0 Å². The summed E-state index contributed by atoms with van der Waals surface area (Å²) in [5, 5.41) is 18.6. The van der Waals surface area contributed by atoms with E-state index in [0.29, 0.717) is 23.4 Å². The molecule has 1 N–H and O–H groups in total. The van der Waals surface area contributed by atoms with Gasteiger partial charge in [-0.15, -0.1) is 0 Å². The third kappa shape index (κ3) is 3.83. The van der Waals surface area contributed by atoms with E-state index in [9.17, 15) is 14.7 Å². The first-order valence-corrected chi connectivity index (χ1v) is 19.8. The van der Waals surface area contributed by atoms with Crippen LogP contribution in [-0.2, 0) is 40.1 Å². The molecule has 9 nitrogen and oxygen atoms in total. The van der Waals surface area contributed by atoms with E-state index in [4.69, 9.17) is 9.72 Å². The summed E-state index contributed by atoms with van der Waals surface area (Å²) in [5.74, 6) is 4.10. The second-order valence-corrected chi connectivity index (χ2v) is 21.6. The van der Waals surface area contributed by atoms with Crippen molar-refractivity contribution < 1.29 is 14.6 Å². The molecule has 2 aliphatic heterocycles. The number of fused-ring (bicyclic) bond motifs is 5. The van der Waals surface area contributed by atoms with Crippen LogP contribution in [0.15, 0.2) is 47.8 Å².